The number of hydrogen-bond acceptors (Lipinski definition) is 4. The number of carbonyl (C=O) groups is 1. The van der Waals surface area contributed by atoms with Crippen LogP contribution >= 0.6 is 24.0 Å². The highest BCUT2D eigenvalue weighted by molar-refractivity contribution is 8.27. The molecular weight excluding hydrogens is 390 g/mol. The number of anilines is 1. The van der Waals surface area contributed by atoms with Gasteiger partial charge in [-0.25, -0.2) is 4.68 Å². The third kappa shape index (κ3) is 3.02. The predicted octanol–water partition coefficient (Wildman–Crippen LogP) is 3.89. The number of rotatable bonds is 3. The minimum atomic E-state index is -0.275. The van der Waals surface area contributed by atoms with E-state index in [9.17, 15) is 9.59 Å². The van der Waals surface area contributed by atoms with Crippen LogP contribution in [-0.2, 0) is 11.8 Å². The summed E-state index contributed by atoms with van der Waals surface area (Å²) in [6.45, 7) is 1.82. The van der Waals surface area contributed by atoms with Gasteiger partial charge in [0.2, 0.25) is 0 Å². The Morgan fingerprint density at radius 1 is 0.964 bits per heavy atom. The first kappa shape index (κ1) is 18.5. The number of thiocarbonyl (C=S) groups is 1. The lowest BCUT2D eigenvalue weighted by atomic mass is 10.2. The number of thioether (sulfide) groups is 1. The molecule has 140 valence electrons. The molecule has 3 aromatic rings. The summed E-state index contributed by atoms with van der Waals surface area (Å²) in [6, 6.07) is 18.9. The molecule has 5 nitrogen and oxygen atoms in total. The zero-order chi connectivity index (χ0) is 19.8. The van der Waals surface area contributed by atoms with Crippen molar-refractivity contribution in [2.45, 2.75) is 6.92 Å². The molecule has 2 aromatic carbocycles. The average Bonchev–Trinajstić information content (AvgIpc) is 3.09. The van der Waals surface area contributed by atoms with Crippen molar-refractivity contribution in [3.8, 4) is 5.69 Å². The van der Waals surface area contributed by atoms with Gasteiger partial charge in [-0.1, -0.05) is 72.5 Å². The third-order valence-corrected chi connectivity index (χ3v) is 5.94. The number of nitrogens with zero attached hydrogens (tertiary/aromatic N) is 3. The fraction of sp³-hybridized carbons (Fsp3) is 0.0952. The van der Waals surface area contributed by atoms with Crippen LogP contribution in [0.25, 0.3) is 11.8 Å². The summed E-state index contributed by atoms with van der Waals surface area (Å²) >= 11 is 6.66. The van der Waals surface area contributed by atoms with Crippen molar-refractivity contribution in [1.29, 1.82) is 0 Å². The zero-order valence-electron chi connectivity index (χ0n) is 15.3. The smallest absolute Gasteiger partial charge is 0.283 e. The molecule has 4 rings (SSSR count). The largest absolute Gasteiger partial charge is 0.296 e. The molecule has 0 N–H and O–H groups in total. The molecular formula is C21H17N3O2S2. The first-order valence-electron chi connectivity index (χ1n) is 8.66. The number of amides is 1. The lowest BCUT2D eigenvalue weighted by Gasteiger charge is -2.12. The van der Waals surface area contributed by atoms with Crippen LogP contribution in [0.15, 0.2) is 70.4 Å². The van der Waals surface area contributed by atoms with Crippen molar-refractivity contribution >= 4 is 46.0 Å². The standard InChI is InChI=1S/C21H17N3O2S2/c1-14-18(20(26)24(22(14)2)16-11-7-4-8-12-16)23-19(25)17(28-21(23)27)13-15-9-5-3-6-10-15/h3-13H,1-2H3/b17-13+. The number of benzene rings is 2. The highest BCUT2D eigenvalue weighted by Gasteiger charge is 2.37. The van der Waals surface area contributed by atoms with E-state index in [-0.39, 0.29) is 11.5 Å². The number of hydrogen-bond donors (Lipinski definition) is 0. The van der Waals surface area contributed by atoms with Crippen molar-refractivity contribution in [2.75, 3.05) is 4.90 Å². The van der Waals surface area contributed by atoms with E-state index in [0.717, 1.165) is 11.3 Å². The maximum absolute atomic E-state index is 13.2. The van der Waals surface area contributed by atoms with E-state index in [4.69, 9.17) is 12.2 Å². The molecule has 1 fully saturated rings. The van der Waals surface area contributed by atoms with Crippen LogP contribution in [0.1, 0.15) is 11.3 Å². The molecule has 0 saturated carbocycles. The summed E-state index contributed by atoms with van der Waals surface area (Å²) in [5, 5.41) is 0. The summed E-state index contributed by atoms with van der Waals surface area (Å²) in [4.78, 5) is 28.1. The van der Waals surface area contributed by atoms with E-state index in [2.05, 4.69) is 0 Å². The Hall–Kier alpha value is -2.90. The molecule has 1 aliphatic rings. The minimum Gasteiger partial charge on any atom is -0.283 e. The Morgan fingerprint density at radius 3 is 2.21 bits per heavy atom. The SMILES string of the molecule is Cc1c(N2C(=O)/C(=C\c3ccccc3)SC2=S)c(=O)n(-c2ccccc2)n1C. The Balaban J connectivity index is 1.80. The van der Waals surface area contributed by atoms with Crippen molar-refractivity contribution in [1.82, 2.24) is 9.36 Å². The lowest BCUT2D eigenvalue weighted by Crippen LogP contribution is -2.33. The quantitative estimate of drug-likeness (QED) is 0.488. The minimum absolute atomic E-state index is 0.273. The molecule has 0 bridgehead atoms. The molecule has 0 spiro atoms. The van der Waals surface area contributed by atoms with Gasteiger partial charge in [0.25, 0.3) is 11.5 Å². The van der Waals surface area contributed by atoms with Crippen LogP contribution in [-0.4, -0.2) is 19.6 Å². The topological polar surface area (TPSA) is 47.2 Å². The molecule has 0 aliphatic carbocycles. The number of para-hydroxylation sites is 1. The Labute approximate surface area is 171 Å². The van der Waals surface area contributed by atoms with E-state index < -0.39 is 0 Å². The van der Waals surface area contributed by atoms with E-state index in [1.165, 1.54) is 16.7 Å². The average molecular weight is 408 g/mol. The highest BCUT2D eigenvalue weighted by Crippen LogP contribution is 2.36. The number of aromatic nitrogens is 2. The first-order chi connectivity index (χ1) is 13.5. The fourth-order valence-corrected chi connectivity index (χ4v) is 4.44. The van der Waals surface area contributed by atoms with Crippen molar-refractivity contribution in [2.24, 2.45) is 7.05 Å². The van der Waals surface area contributed by atoms with Gasteiger partial charge in [-0.05, 0) is 30.7 Å². The molecule has 1 amide bonds. The predicted molar refractivity (Wildman–Crippen MR) is 118 cm³/mol. The van der Waals surface area contributed by atoms with Crippen LogP contribution in [0.5, 0.6) is 0 Å². The van der Waals surface area contributed by atoms with Crippen molar-refractivity contribution in [3.63, 3.8) is 0 Å². The van der Waals surface area contributed by atoms with Crippen molar-refractivity contribution < 1.29 is 4.79 Å². The molecule has 0 radical (unpaired) electrons. The first-order valence-corrected chi connectivity index (χ1v) is 9.88. The van der Waals surface area contributed by atoms with Gasteiger partial charge in [0.05, 0.1) is 16.3 Å². The monoisotopic (exact) mass is 407 g/mol. The van der Waals surface area contributed by atoms with E-state index in [0.29, 0.717) is 20.6 Å². The zero-order valence-corrected chi connectivity index (χ0v) is 17.0. The molecule has 2 heterocycles. The molecule has 7 heteroatoms. The van der Waals surface area contributed by atoms with E-state index in [1.807, 2.05) is 67.6 Å². The van der Waals surface area contributed by atoms with Crippen LogP contribution in [0, 0.1) is 6.92 Å². The van der Waals surface area contributed by atoms with Gasteiger partial charge in [-0.3, -0.25) is 19.2 Å². The maximum Gasteiger partial charge on any atom is 0.296 e. The van der Waals surface area contributed by atoms with Gasteiger partial charge in [0.15, 0.2) is 4.32 Å². The fourth-order valence-electron chi connectivity index (χ4n) is 3.17. The summed E-state index contributed by atoms with van der Waals surface area (Å²) in [6.07, 6.45) is 1.80. The lowest BCUT2D eigenvalue weighted by molar-refractivity contribution is -0.113. The van der Waals surface area contributed by atoms with Gasteiger partial charge >= 0.3 is 0 Å². The normalized spacial score (nSPS) is 15.6. The van der Waals surface area contributed by atoms with Gasteiger partial charge in [0.1, 0.15) is 5.69 Å². The molecule has 0 atom stereocenters. The van der Waals surface area contributed by atoms with Crippen LogP contribution < -0.4 is 10.5 Å². The Kier molecular flexibility index (Phi) is 4.78. The summed E-state index contributed by atoms with van der Waals surface area (Å²) in [7, 11) is 1.80. The van der Waals surface area contributed by atoms with E-state index >= 15 is 0 Å². The summed E-state index contributed by atoms with van der Waals surface area (Å²) in [5.41, 5.74) is 2.34. The molecule has 0 unspecified atom stereocenters. The second-order valence-electron chi connectivity index (χ2n) is 6.34. The van der Waals surface area contributed by atoms with Gasteiger partial charge in [-0.15, -0.1) is 0 Å². The van der Waals surface area contributed by atoms with Crippen LogP contribution in [0.4, 0.5) is 5.69 Å². The van der Waals surface area contributed by atoms with Gasteiger partial charge < -0.3 is 0 Å². The summed E-state index contributed by atoms with van der Waals surface area (Å²) < 4.78 is 3.65. The Bertz CT molecular complexity index is 1160. The summed E-state index contributed by atoms with van der Waals surface area (Å²) in [5.74, 6) is -0.273. The second kappa shape index (κ2) is 7.26. The Morgan fingerprint density at radius 2 is 1.57 bits per heavy atom. The highest BCUT2D eigenvalue weighted by atomic mass is 32.2. The second-order valence-corrected chi connectivity index (χ2v) is 8.01. The van der Waals surface area contributed by atoms with Crippen molar-refractivity contribution in [3.05, 3.63) is 87.2 Å². The molecule has 1 aromatic heterocycles. The third-order valence-electron chi connectivity index (χ3n) is 4.64. The maximum atomic E-state index is 13.2. The van der Waals surface area contributed by atoms with Crippen LogP contribution in [0.2, 0.25) is 0 Å². The van der Waals surface area contributed by atoms with Crippen LogP contribution in [0.3, 0.4) is 0 Å². The molecule has 1 aliphatic heterocycles. The number of carbonyl (C=O) groups excluding carboxylic acids is 1. The molecule has 1 saturated heterocycles. The van der Waals surface area contributed by atoms with E-state index in [1.54, 1.807) is 22.5 Å². The van der Waals surface area contributed by atoms with Gasteiger partial charge in [0, 0.05) is 7.05 Å². The van der Waals surface area contributed by atoms with Gasteiger partial charge in [-0.2, -0.15) is 0 Å². The molecule has 28 heavy (non-hydrogen) atoms.